The minimum atomic E-state index is 0.720. The molecule has 1 aliphatic carbocycles. The fraction of sp³-hybridized carbons (Fsp3) is 0.846. The SMILES string of the molecule is CC#CCN(CC1CCCCN1)C1CC1. The lowest BCUT2D eigenvalue weighted by atomic mass is 10.0. The largest absolute Gasteiger partial charge is 0.313 e. The van der Waals surface area contributed by atoms with Gasteiger partial charge in [0.05, 0.1) is 6.54 Å². The molecule has 0 aromatic carbocycles. The minimum absolute atomic E-state index is 0.720. The monoisotopic (exact) mass is 206 g/mol. The average molecular weight is 206 g/mol. The third-order valence-electron chi connectivity index (χ3n) is 3.39. The maximum absolute atomic E-state index is 3.62. The first kappa shape index (κ1) is 11.0. The van der Waals surface area contributed by atoms with Crippen LogP contribution in [0.5, 0.6) is 0 Å². The van der Waals surface area contributed by atoms with Gasteiger partial charge in [0.2, 0.25) is 0 Å². The Hall–Kier alpha value is -0.520. The molecule has 84 valence electrons. The Balaban J connectivity index is 1.78. The van der Waals surface area contributed by atoms with Crippen molar-refractivity contribution in [2.45, 2.75) is 51.1 Å². The van der Waals surface area contributed by atoms with Gasteiger partial charge in [-0.1, -0.05) is 12.3 Å². The van der Waals surface area contributed by atoms with Crippen LogP contribution in [0.2, 0.25) is 0 Å². The second-order valence-electron chi connectivity index (χ2n) is 4.73. The van der Waals surface area contributed by atoms with Gasteiger partial charge in [-0.15, -0.1) is 5.92 Å². The van der Waals surface area contributed by atoms with Crippen LogP contribution in [0.15, 0.2) is 0 Å². The van der Waals surface area contributed by atoms with Gasteiger partial charge in [-0.05, 0) is 39.2 Å². The molecule has 0 aromatic rings. The van der Waals surface area contributed by atoms with Crippen LogP contribution in [0.3, 0.4) is 0 Å². The van der Waals surface area contributed by atoms with Crippen LogP contribution >= 0.6 is 0 Å². The highest BCUT2D eigenvalue weighted by molar-refractivity contribution is 5.01. The van der Waals surface area contributed by atoms with Crippen molar-refractivity contribution >= 4 is 0 Å². The Kier molecular flexibility index (Phi) is 4.05. The molecule has 2 aliphatic rings. The predicted octanol–water partition coefficient (Wildman–Crippen LogP) is 1.62. The van der Waals surface area contributed by atoms with Crippen LogP contribution in [0.25, 0.3) is 0 Å². The molecule has 0 radical (unpaired) electrons. The minimum Gasteiger partial charge on any atom is -0.313 e. The quantitative estimate of drug-likeness (QED) is 0.703. The molecule has 1 aliphatic heterocycles. The first-order chi connectivity index (χ1) is 7.40. The van der Waals surface area contributed by atoms with Crippen molar-refractivity contribution in [2.24, 2.45) is 0 Å². The summed E-state index contributed by atoms with van der Waals surface area (Å²) >= 11 is 0. The molecule has 0 bridgehead atoms. The van der Waals surface area contributed by atoms with Crippen molar-refractivity contribution in [3.63, 3.8) is 0 Å². The molecule has 2 rings (SSSR count). The number of nitrogens with one attached hydrogen (secondary N) is 1. The van der Waals surface area contributed by atoms with Crippen LogP contribution in [-0.2, 0) is 0 Å². The van der Waals surface area contributed by atoms with E-state index in [-0.39, 0.29) is 0 Å². The molecule has 2 fully saturated rings. The Labute approximate surface area is 93.4 Å². The molecule has 1 saturated carbocycles. The van der Waals surface area contributed by atoms with Gasteiger partial charge in [-0.3, -0.25) is 4.90 Å². The van der Waals surface area contributed by atoms with E-state index >= 15 is 0 Å². The zero-order chi connectivity index (χ0) is 10.5. The lowest BCUT2D eigenvalue weighted by molar-refractivity contribution is 0.237. The summed E-state index contributed by atoms with van der Waals surface area (Å²) in [4.78, 5) is 2.57. The smallest absolute Gasteiger partial charge is 0.0604 e. The molecule has 0 aromatic heterocycles. The normalized spacial score (nSPS) is 26.1. The maximum Gasteiger partial charge on any atom is 0.0604 e. The van der Waals surface area contributed by atoms with Crippen LogP contribution in [0.1, 0.15) is 39.0 Å². The molecular formula is C13H22N2. The molecule has 1 heterocycles. The fourth-order valence-corrected chi connectivity index (χ4v) is 2.33. The van der Waals surface area contributed by atoms with Gasteiger partial charge in [0.15, 0.2) is 0 Å². The Morgan fingerprint density at radius 3 is 2.73 bits per heavy atom. The highest BCUT2D eigenvalue weighted by atomic mass is 15.2. The van der Waals surface area contributed by atoms with E-state index in [9.17, 15) is 0 Å². The van der Waals surface area contributed by atoms with E-state index in [1.807, 2.05) is 6.92 Å². The third kappa shape index (κ3) is 3.52. The fourth-order valence-electron chi connectivity index (χ4n) is 2.33. The molecule has 1 unspecified atom stereocenters. The second kappa shape index (κ2) is 5.53. The van der Waals surface area contributed by atoms with Crippen LogP contribution in [-0.4, -0.2) is 36.6 Å². The van der Waals surface area contributed by atoms with Gasteiger partial charge in [-0.2, -0.15) is 0 Å². The van der Waals surface area contributed by atoms with Gasteiger partial charge in [0.1, 0.15) is 0 Å². The summed E-state index contributed by atoms with van der Waals surface area (Å²) in [5, 5.41) is 3.62. The van der Waals surface area contributed by atoms with E-state index in [0.29, 0.717) is 0 Å². The molecule has 1 saturated heterocycles. The molecule has 0 amide bonds. The Bertz CT molecular complexity index is 241. The topological polar surface area (TPSA) is 15.3 Å². The summed E-state index contributed by atoms with van der Waals surface area (Å²) in [5.74, 6) is 6.21. The van der Waals surface area contributed by atoms with Crippen molar-refractivity contribution in [3.05, 3.63) is 0 Å². The molecule has 2 heteroatoms. The summed E-state index contributed by atoms with van der Waals surface area (Å²) in [5.41, 5.74) is 0. The molecular weight excluding hydrogens is 184 g/mol. The Morgan fingerprint density at radius 2 is 2.13 bits per heavy atom. The van der Waals surface area contributed by atoms with E-state index in [1.54, 1.807) is 0 Å². The number of hydrogen-bond acceptors (Lipinski definition) is 2. The van der Waals surface area contributed by atoms with Gasteiger partial charge in [0.25, 0.3) is 0 Å². The summed E-state index contributed by atoms with van der Waals surface area (Å²) < 4.78 is 0. The highest BCUT2D eigenvalue weighted by Crippen LogP contribution is 2.27. The van der Waals surface area contributed by atoms with E-state index < -0.39 is 0 Å². The predicted molar refractivity (Wildman–Crippen MR) is 63.7 cm³/mol. The van der Waals surface area contributed by atoms with Crippen molar-refractivity contribution in [1.29, 1.82) is 0 Å². The van der Waals surface area contributed by atoms with Crippen molar-refractivity contribution in [2.75, 3.05) is 19.6 Å². The second-order valence-corrected chi connectivity index (χ2v) is 4.73. The molecule has 1 N–H and O–H groups in total. The lowest BCUT2D eigenvalue weighted by Crippen LogP contribution is -2.44. The van der Waals surface area contributed by atoms with Gasteiger partial charge < -0.3 is 5.32 Å². The van der Waals surface area contributed by atoms with E-state index in [0.717, 1.165) is 18.6 Å². The van der Waals surface area contributed by atoms with Crippen molar-refractivity contribution < 1.29 is 0 Å². The molecule has 1 atom stereocenters. The molecule has 15 heavy (non-hydrogen) atoms. The van der Waals surface area contributed by atoms with Gasteiger partial charge in [0, 0.05) is 18.6 Å². The first-order valence-electron chi connectivity index (χ1n) is 6.27. The first-order valence-corrected chi connectivity index (χ1v) is 6.27. The van der Waals surface area contributed by atoms with Crippen molar-refractivity contribution in [3.8, 4) is 11.8 Å². The average Bonchev–Trinajstić information content (AvgIpc) is 3.09. The van der Waals surface area contributed by atoms with Crippen molar-refractivity contribution in [1.82, 2.24) is 10.2 Å². The van der Waals surface area contributed by atoms with E-state index in [4.69, 9.17) is 0 Å². The number of hydrogen-bond donors (Lipinski definition) is 1. The Morgan fingerprint density at radius 1 is 1.27 bits per heavy atom. The zero-order valence-corrected chi connectivity index (χ0v) is 9.76. The molecule has 0 spiro atoms. The highest BCUT2D eigenvalue weighted by Gasteiger charge is 2.30. The van der Waals surface area contributed by atoms with Crippen LogP contribution in [0.4, 0.5) is 0 Å². The van der Waals surface area contributed by atoms with E-state index in [1.165, 1.54) is 45.2 Å². The van der Waals surface area contributed by atoms with Crippen LogP contribution in [0, 0.1) is 11.8 Å². The maximum atomic E-state index is 3.62. The summed E-state index contributed by atoms with van der Waals surface area (Å²) in [6.07, 6.45) is 6.88. The van der Waals surface area contributed by atoms with Crippen LogP contribution < -0.4 is 5.32 Å². The summed E-state index contributed by atoms with van der Waals surface area (Å²) in [6, 6.07) is 1.56. The number of nitrogens with zero attached hydrogens (tertiary/aromatic N) is 1. The van der Waals surface area contributed by atoms with Gasteiger partial charge >= 0.3 is 0 Å². The summed E-state index contributed by atoms with van der Waals surface area (Å²) in [7, 11) is 0. The number of piperidine rings is 1. The number of rotatable bonds is 4. The van der Waals surface area contributed by atoms with E-state index in [2.05, 4.69) is 22.1 Å². The zero-order valence-electron chi connectivity index (χ0n) is 9.76. The summed E-state index contributed by atoms with van der Waals surface area (Å²) in [6.45, 7) is 5.32. The lowest BCUT2D eigenvalue weighted by Gasteiger charge is -2.29. The van der Waals surface area contributed by atoms with Gasteiger partial charge in [-0.25, -0.2) is 0 Å². The molecule has 2 nitrogen and oxygen atoms in total. The standard InChI is InChI=1S/C13H22N2/c1-2-3-10-15(13-7-8-13)11-12-6-4-5-9-14-12/h12-14H,4-11H2,1H3. The third-order valence-corrected chi connectivity index (χ3v) is 3.39.